The van der Waals surface area contributed by atoms with E-state index in [9.17, 15) is 4.79 Å². The lowest BCUT2D eigenvalue weighted by molar-refractivity contribution is -0.144. The predicted octanol–water partition coefficient (Wildman–Crippen LogP) is 2.14. The molecule has 1 aromatic carbocycles. The van der Waals surface area contributed by atoms with Crippen LogP contribution in [-0.4, -0.2) is 30.3 Å². The van der Waals surface area contributed by atoms with E-state index in [2.05, 4.69) is 5.32 Å². The second-order valence-electron chi connectivity index (χ2n) is 4.71. The number of aliphatic carboxylic acids is 1. The summed E-state index contributed by atoms with van der Waals surface area (Å²) in [6.07, 6.45) is 0.409. The monoisotopic (exact) mass is 251 g/mol. The Morgan fingerprint density at radius 2 is 1.94 bits per heavy atom. The number of benzene rings is 1. The molecule has 1 aromatic rings. The quantitative estimate of drug-likeness (QED) is 0.813. The van der Waals surface area contributed by atoms with Gasteiger partial charge in [-0.15, -0.1) is 0 Å². The van der Waals surface area contributed by atoms with E-state index in [4.69, 9.17) is 9.84 Å². The Morgan fingerprint density at radius 3 is 2.39 bits per heavy atom. The topological polar surface area (TPSA) is 58.6 Å². The smallest absolute Gasteiger partial charge is 0.323 e. The van der Waals surface area contributed by atoms with Crippen LogP contribution in [0.25, 0.3) is 0 Å². The second kappa shape index (κ2) is 5.87. The third-order valence-electron chi connectivity index (χ3n) is 3.28. The van der Waals surface area contributed by atoms with Crippen molar-refractivity contribution in [2.75, 3.05) is 13.7 Å². The average molecular weight is 251 g/mol. The first kappa shape index (κ1) is 14.5. The van der Waals surface area contributed by atoms with Gasteiger partial charge in [0.05, 0.1) is 6.61 Å². The van der Waals surface area contributed by atoms with E-state index in [0.29, 0.717) is 13.0 Å². The van der Waals surface area contributed by atoms with Crippen molar-refractivity contribution in [1.82, 2.24) is 5.32 Å². The number of carbonyl (C=O) groups is 1. The molecule has 0 aliphatic heterocycles. The lowest BCUT2D eigenvalue weighted by Gasteiger charge is -2.24. The zero-order valence-electron chi connectivity index (χ0n) is 11.4. The molecular formula is C14H21NO3. The van der Waals surface area contributed by atoms with Gasteiger partial charge < -0.3 is 15.2 Å². The number of aryl methyl sites for hydroxylation is 2. The zero-order valence-corrected chi connectivity index (χ0v) is 11.4. The highest BCUT2D eigenvalue weighted by Crippen LogP contribution is 2.23. The first-order valence-electron chi connectivity index (χ1n) is 6.02. The van der Waals surface area contributed by atoms with Crippen LogP contribution in [0.4, 0.5) is 0 Å². The van der Waals surface area contributed by atoms with Crippen molar-refractivity contribution in [3.05, 3.63) is 29.3 Å². The van der Waals surface area contributed by atoms with E-state index in [1.807, 2.05) is 32.0 Å². The minimum atomic E-state index is -0.948. The summed E-state index contributed by atoms with van der Waals surface area (Å²) >= 11 is 0. The fourth-order valence-electron chi connectivity index (χ4n) is 1.72. The molecule has 0 radical (unpaired) electrons. The van der Waals surface area contributed by atoms with E-state index < -0.39 is 11.5 Å². The summed E-state index contributed by atoms with van der Waals surface area (Å²) < 4.78 is 5.71. The molecule has 100 valence electrons. The van der Waals surface area contributed by atoms with Gasteiger partial charge in [-0.1, -0.05) is 18.2 Å². The van der Waals surface area contributed by atoms with Crippen LogP contribution in [0.15, 0.2) is 18.2 Å². The summed E-state index contributed by atoms with van der Waals surface area (Å²) in [4.78, 5) is 11.1. The normalized spacial score (nSPS) is 14.0. The Labute approximate surface area is 108 Å². The molecule has 0 heterocycles. The summed E-state index contributed by atoms with van der Waals surface area (Å²) in [5, 5.41) is 11.9. The van der Waals surface area contributed by atoms with Crippen molar-refractivity contribution >= 4 is 5.97 Å². The molecule has 0 spiro atoms. The molecule has 1 unspecified atom stereocenters. The zero-order chi connectivity index (χ0) is 13.8. The highest BCUT2D eigenvalue weighted by molar-refractivity contribution is 5.78. The van der Waals surface area contributed by atoms with Gasteiger partial charge in [0.2, 0.25) is 0 Å². The molecule has 0 amide bonds. The van der Waals surface area contributed by atoms with E-state index in [-0.39, 0.29) is 0 Å². The molecule has 18 heavy (non-hydrogen) atoms. The van der Waals surface area contributed by atoms with Gasteiger partial charge in [0.1, 0.15) is 11.3 Å². The minimum Gasteiger partial charge on any atom is -0.493 e. The number of hydrogen-bond acceptors (Lipinski definition) is 3. The fraction of sp³-hybridized carbons (Fsp3) is 0.500. The Bertz CT molecular complexity index is 411. The number of ether oxygens (including phenoxy) is 1. The van der Waals surface area contributed by atoms with Gasteiger partial charge in [-0.3, -0.25) is 4.79 Å². The number of nitrogens with one attached hydrogen (secondary N) is 1. The molecule has 0 aliphatic rings. The van der Waals surface area contributed by atoms with Gasteiger partial charge in [0.15, 0.2) is 0 Å². The highest BCUT2D eigenvalue weighted by Gasteiger charge is 2.30. The van der Waals surface area contributed by atoms with E-state index in [1.165, 1.54) is 0 Å². The molecule has 1 rings (SSSR count). The van der Waals surface area contributed by atoms with Gasteiger partial charge in [0.25, 0.3) is 0 Å². The van der Waals surface area contributed by atoms with Gasteiger partial charge in [-0.25, -0.2) is 0 Å². The molecule has 2 N–H and O–H groups in total. The maximum Gasteiger partial charge on any atom is 0.323 e. The van der Waals surface area contributed by atoms with Crippen LogP contribution in [0.5, 0.6) is 5.75 Å². The van der Waals surface area contributed by atoms with Crippen molar-refractivity contribution in [2.45, 2.75) is 32.7 Å². The molecular weight excluding hydrogens is 230 g/mol. The number of hydrogen-bond donors (Lipinski definition) is 2. The Hall–Kier alpha value is -1.55. The Balaban J connectivity index is 2.64. The number of carboxylic acids is 1. The predicted molar refractivity (Wildman–Crippen MR) is 71.1 cm³/mol. The third-order valence-corrected chi connectivity index (χ3v) is 3.28. The SMILES string of the molecule is CNC(C)(CCOc1c(C)cccc1C)C(=O)O. The second-order valence-corrected chi connectivity index (χ2v) is 4.71. The summed E-state index contributed by atoms with van der Waals surface area (Å²) in [5.74, 6) is -0.0172. The first-order chi connectivity index (χ1) is 8.40. The lowest BCUT2D eigenvalue weighted by atomic mass is 9.99. The first-order valence-corrected chi connectivity index (χ1v) is 6.02. The summed E-state index contributed by atoms with van der Waals surface area (Å²) in [6, 6.07) is 5.94. The van der Waals surface area contributed by atoms with Crippen LogP contribution < -0.4 is 10.1 Å². The van der Waals surface area contributed by atoms with Gasteiger partial charge in [-0.05, 0) is 38.9 Å². The van der Waals surface area contributed by atoms with Crippen LogP contribution in [0.1, 0.15) is 24.5 Å². The number of rotatable bonds is 6. The average Bonchev–Trinajstić information content (AvgIpc) is 2.32. The van der Waals surface area contributed by atoms with E-state index in [0.717, 1.165) is 16.9 Å². The number of para-hydroxylation sites is 1. The van der Waals surface area contributed by atoms with Crippen LogP contribution in [0.3, 0.4) is 0 Å². The van der Waals surface area contributed by atoms with Crippen molar-refractivity contribution < 1.29 is 14.6 Å². The molecule has 4 heteroatoms. The maximum absolute atomic E-state index is 11.1. The largest absolute Gasteiger partial charge is 0.493 e. The van der Waals surface area contributed by atoms with Crippen LogP contribution in [0, 0.1) is 13.8 Å². The van der Waals surface area contributed by atoms with Crippen LogP contribution >= 0.6 is 0 Å². The van der Waals surface area contributed by atoms with E-state index in [1.54, 1.807) is 14.0 Å². The summed E-state index contributed by atoms with van der Waals surface area (Å²) in [6.45, 7) is 5.99. The van der Waals surface area contributed by atoms with Crippen LogP contribution in [-0.2, 0) is 4.79 Å². The van der Waals surface area contributed by atoms with Crippen molar-refractivity contribution in [3.63, 3.8) is 0 Å². The van der Waals surface area contributed by atoms with Crippen molar-refractivity contribution in [2.24, 2.45) is 0 Å². The van der Waals surface area contributed by atoms with Crippen molar-refractivity contribution in [1.29, 1.82) is 0 Å². The van der Waals surface area contributed by atoms with Crippen LogP contribution in [0.2, 0.25) is 0 Å². The molecule has 0 fully saturated rings. The number of carboxylic acid groups (broad SMARTS) is 1. The third kappa shape index (κ3) is 3.23. The molecule has 1 atom stereocenters. The van der Waals surface area contributed by atoms with Gasteiger partial charge >= 0.3 is 5.97 Å². The molecule has 0 saturated heterocycles. The molecule has 0 aliphatic carbocycles. The molecule has 0 bridgehead atoms. The summed E-state index contributed by atoms with van der Waals surface area (Å²) in [5.41, 5.74) is 1.18. The van der Waals surface area contributed by atoms with E-state index >= 15 is 0 Å². The Morgan fingerprint density at radius 1 is 1.39 bits per heavy atom. The standard InChI is InChI=1S/C14H21NO3/c1-10-6-5-7-11(2)12(10)18-9-8-14(3,15-4)13(16)17/h5-7,15H,8-9H2,1-4H3,(H,16,17). The molecule has 0 aromatic heterocycles. The van der Waals surface area contributed by atoms with Gasteiger partial charge in [-0.2, -0.15) is 0 Å². The summed E-state index contributed by atoms with van der Waals surface area (Å²) in [7, 11) is 1.65. The Kier molecular flexibility index (Phi) is 4.73. The maximum atomic E-state index is 11.1. The van der Waals surface area contributed by atoms with Gasteiger partial charge in [0, 0.05) is 6.42 Å². The van der Waals surface area contributed by atoms with Crippen molar-refractivity contribution in [3.8, 4) is 5.75 Å². The molecule has 0 saturated carbocycles. The minimum absolute atomic E-state index is 0.370. The number of likely N-dealkylation sites (N-methyl/N-ethyl adjacent to an activating group) is 1. The fourth-order valence-corrected chi connectivity index (χ4v) is 1.72. The lowest BCUT2D eigenvalue weighted by Crippen LogP contribution is -2.48. The highest BCUT2D eigenvalue weighted by atomic mass is 16.5. The molecule has 4 nitrogen and oxygen atoms in total.